The fraction of sp³-hybridized carbons (Fsp3) is 0.292. The number of allylic oxidation sites excluding steroid dienone is 1. The molecule has 0 aliphatic heterocycles. The average molecular weight is 474 g/mol. The van der Waals surface area contributed by atoms with Crippen molar-refractivity contribution in [1.82, 2.24) is 13.8 Å². The van der Waals surface area contributed by atoms with Gasteiger partial charge < -0.3 is 15.2 Å². The molecule has 3 N–H and O–H groups in total. The number of hydrogen-bond acceptors (Lipinski definition) is 3. The van der Waals surface area contributed by atoms with Crippen molar-refractivity contribution in [2.75, 3.05) is 34.7 Å². The Bertz CT molecular complexity index is 1340. The summed E-state index contributed by atoms with van der Waals surface area (Å²) in [5.74, 6) is -0.464. The highest BCUT2D eigenvalue weighted by molar-refractivity contribution is 7.89. The maximum absolute atomic E-state index is 14.5. The van der Waals surface area contributed by atoms with Crippen molar-refractivity contribution in [3.8, 4) is 11.1 Å². The van der Waals surface area contributed by atoms with Crippen LogP contribution in [0.15, 0.2) is 59.3 Å². The molecular weight excluding hydrogens is 443 g/mol. The van der Waals surface area contributed by atoms with Crippen molar-refractivity contribution in [3.63, 3.8) is 0 Å². The van der Waals surface area contributed by atoms with Crippen LogP contribution in [-0.4, -0.2) is 62.8 Å². The molecule has 0 radical (unpaired) electrons. The Morgan fingerprint density at radius 2 is 1.82 bits per heavy atom. The summed E-state index contributed by atoms with van der Waals surface area (Å²) in [7, 11) is 2.69. The standard InChI is InChI=1S/C24H29FN4O3S/c1-16-23(17-7-6-8-20(13-17)33(31,32)28(4)5)21-14-18(24(30)27(2)3)9-10-22(21)29(16)15-19(25)11-12-26/h6-11,13-14H,12,15,26H2,1-5H3/p+1/b19-11-. The van der Waals surface area contributed by atoms with Gasteiger partial charge in [0.2, 0.25) is 10.0 Å². The summed E-state index contributed by atoms with van der Waals surface area (Å²) in [6, 6.07) is 12.0. The van der Waals surface area contributed by atoms with E-state index in [1.54, 1.807) is 50.5 Å². The van der Waals surface area contributed by atoms with E-state index in [1.165, 1.54) is 25.1 Å². The second kappa shape index (κ2) is 9.46. The molecule has 3 rings (SSSR count). The number of hydrogen-bond donors (Lipinski definition) is 1. The molecule has 7 nitrogen and oxygen atoms in total. The Morgan fingerprint density at radius 1 is 1.12 bits per heavy atom. The second-order valence-electron chi connectivity index (χ2n) is 8.23. The predicted octanol–water partition coefficient (Wildman–Crippen LogP) is 2.66. The Kier molecular flexibility index (Phi) is 7.06. The van der Waals surface area contributed by atoms with Crippen LogP contribution >= 0.6 is 0 Å². The molecule has 2 aromatic carbocycles. The molecule has 1 amide bonds. The Hall–Kier alpha value is -3.01. The highest BCUT2D eigenvalue weighted by Crippen LogP contribution is 2.37. The van der Waals surface area contributed by atoms with E-state index < -0.39 is 10.0 Å². The topological polar surface area (TPSA) is 90.3 Å². The molecule has 0 aliphatic rings. The summed E-state index contributed by atoms with van der Waals surface area (Å²) in [6.07, 6.45) is 1.43. The molecule has 33 heavy (non-hydrogen) atoms. The van der Waals surface area contributed by atoms with Gasteiger partial charge in [0.05, 0.1) is 18.0 Å². The number of nitrogens with zero attached hydrogens (tertiary/aromatic N) is 3. The summed E-state index contributed by atoms with van der Waals surface area (Å²) >= 11 is 0. The van der Waals surface area contributed by atoms with Crippen molar-refractivity contribution in [2.24, 2.45) is 0 Å². The van der Waals surface area contributed by atoms with Crippen LogP contribution in [-0.2, 0) is 16.6 Å². The monoisotopic (exact) mass is 473 g/mol. The molecule has 3 aromatic rings. The molecule has 176 valence electrons. The van der Waals surface area contributed by atoms with Crippen LogP contribution in [0.2, 0.25) is 0 Å². The maximum atomic E-state index is 14.5. The minimum atomic E-state index is -3.64. The first-order valence-electron chi connectivity index (χ1n) is 10.5. The van der Waals surface area contributed by atoms with E-state index in [1.807, 2.05) is 17.6 Å². The van der Waals surface area contributed by atoms with Crippen LogP contribution in [0, 0.1) is 6.92 Å². The number of benzene rings is 2. The highest BCUT2D eigenvalue weighted by atomic mass is 32.2. The van der Waals surface area contributed by atoms with Gasteiger partial charge in [-0.15, -0.1) is 0 Å². The Balaban J connectivity index is 2.32. The zero-order chi connectivity index (χ0) is 24.5. The number of carbonyl (C=O) groups excluding carboxylic acids is 1. The fourth-order valence-corrected chi connectivity index (χ4v) is 4.78. The van der Waals surface area contributed by atoms with Crippen LogP contribution in [0.5, 0.6) is 0 Å². The van der Waals surface area contributed by atoms with Gasteiger partial charge in [0, 0.05) is 62.0 Å². The van der Waals surface area contributed by atoms with E-state index in [0.717, 1.165) is 26.5 Å². The number of carbonyl (C=O) groups is 1. The first-order valence-corrected chi connectivity index (χ1v) is 11.9. The second-order valence-corrected chi connectivity index (χ2v) is 10.4. The molecular formula is C24H30FN4O3S+. The minimum absolute atomic E-state index is 0.0223. The molecule has 0 fully saturated rings. The van der Waals surface area contributed by atoms with E-state index in [4.69, 9.17) is 0 Å². The molecule has 0 saturated heterocycles. The first kappa shape index (κ1) is 24.6. The minimum Gasteiger partial charge on any atom is -0.354 e. The van der Waals surface area contributed by atoms with Gasteiger partial charge in [-0.2, -0.15) is 0 Å². The van der Waals surface area contributed by atoms with Crippen molar-refractivity contribution in [3.05, 3.63) is 65.6 Å². The molecule has 0 spiro atoms. The number of aromatic nitrogens is 1. The maximum Gasteiger partial charge on any atom is 0.253 e. The summed E-state index contributed by atoms with van der Waals surface area (Å²) < 4.78 is 42.9. The molecule has 9 heteroatoms. The van der Waals surface area contributed by atoms with Crippen molar-refractivity contribution < 1.29 is 23.3 Å². The highest BCUT2D eigenvalue weighted by Gasteiger charge is 2.22. The molecule has 1 aromatic heterocycles. The number of quaternary nitrogens is 1. The van der Waals surface area contributed by atoms with Gasteiger partial charge in [-0.3, -0.25) is 4.79 Å². The third kappa shape index (κ3) is 4.71. The number of sulfonamides is 1. The van der Waals surface area contributed by atoms with Gasteiger partial charge >= 0.3 is 0 Å². The smallest absolute Gasteiger partial charge is 0.253 e. The van der Waals surface area contributed by atoms with E-state index >= 15 is 0 Å². The lowest BCUT2D eigenvalue weighted by Crippen LogP contribution is -2.49. The van der Waals surface area contributed by atoms with Gasteiger partial charge in [-0.05, 0) is 42.8 Å². The van der Waals surface area contributed by atoms with Crippen LogP contribution in [0.3, 0.4) is 0 Å². The molecule has 0 atom stereocenters. The SMILES string of the molecule is Cc1c(-c2cccc(S(=O)(=O)N(C)C)c2)c2cc(C(=O)N(C)C)ccc2n1C/C(F)=C/C[NH3+]. The summed E-state index contributed by atoms with van der Waals surface area (Å²) in [6.45, 7) is 2.23. The fourth-order valence-electron chi connectivity index (χ4n) is 3.84. The molecule has 0 bridgehead atoms. The van der Waals surface area contributed by atoms with E-state index in [-0.39, 0.29) is 23.2 Å². The van der Waals surface area contributed by atoms with E-state index in [9.17, 15) is 17.6 Å². The Labute approximate surface area is 193 Å². The quantitative estimate of drug-likeness (QED) is 0.572. The van der Waals surface area contributed by atoms with Crippen molar-refractivity contribution in [1.29, 1.82) is 0 Å². The average Bonchev–Trinajstić information content (AvgIpc) is 3.03. The zero-order valence-electron chi connectivity index (χ0n) is 19.6. The zero-order valence-corrected chi connectivity index (χ0v) is 20.4. The van der Waals surface area contributed by atoms with Gasteiger partial charge in [0.1, 0.15) is 5.83 Å². The van der Waals surface area contributed by atoms with Gasteiger partial charge in [-0.1, -0.05) is 12.1 Å². The molecule has 1 heterocycles. The van der Waals surface area contributed by atoms with Gasteiger partial charge in [0.15, 0.2) is 0 Å². The van der Waals surface area contributed by atoms with Crippen LogP contribution in [0.4, 0.5) is 4.39 Å². The van der Waals surface area contributed by atoms with Crippen LogP contribution in [0.25, 0.3) is 22.0 Å². The third-order valence-electron chi connectivity index (χ3n) is 5.55. The van der Waals surface area contributed by atoms with Crippen LogP contribution < -0.4 is 5.73 Å². The molecule has 0 aliphatic carbocycles. The predicted molar refractivity (Wildman–Crippen MR) is 128 cm³/mol. The first-order chi connectivity index (χ1) is 15.5. The third-order valence-corrected chi connectivity index (χ3v) is 7.36. The lowest BCUT2D eigenvalue weighted by molar-refractivity contribution is -0.353. The number of amides is 1. The van der Waals surface area contributed by atoms with Crippen molar-refractivity contribution >= 4 is 26.8 Å². The largest absolute Gasteiger partial charge is 0.354 e. The van der Waals surface area contributed by atoms with Gasteiger partial charge in [0.25, 0.3) is 5.91 Å². The number of halogens is 1. The lowest BCUT2D eigenvalue weighted by Gasteiger charge is -2.13. The van der Waals surface area contributed by atoms with Crippen molar-refractivity contribution in [2.45, 2.75) is 18.4 Å². The number of fused-ring (bicyclic) bond motifs is 1. The molecule has 0 unspecified atom stereocenters. The summed E-state index contributed by atoms with van der Waals surface area (Å²) in [5, 5.41) is 0.752. The number of rotatable bonds is 7. The summed E-state index contributed by atoms with van der Waals surface area (Å²) in [5.41, 5.74) is 7.13. The summed E-state index contributed by atoms with van der Waals surface area (Å²) in [4.78, 5) is 14.3. The normalized spacial score (nSPS) is 12.5. The Morgan fingerprint density at radius 3 is 2.42 bits per heavy atom. The lowest BCUT2D eigenvalue weighted by atomic mass is 10.0. The van der Waals surface area contributed by atoms with E-state index in [2.05, 4.69) is 5.73 Å². The van der Waals surface area contributed by atoms with Crippen LogP contribution in [0.1, 0.15) is 16.1 Å². The molecule has 0 saturated carbocycles. The van der Waals surface area contributed by atoms with E-state index in [0.29, 0.717) is 17.7 Å². The van der Waals surface area contributed by atoms with Gasteiger partial charge in [-0.25, -0.2) is 17.1 Å².